The van der Waals surface area contributed by atoms with Gasteiger partial charge in [-0.3, -0.25) is 0 Å². The van der Waals surface area contributed by atoms with Crippen molar-refractivity contribution in [1.82, 2.24) is 0 Å². The summed E-state index contributed by atoms with van der Waals surface area (Å²) in [6.45, 7) is 4.58. The molecule has 0 radical (unpaired) electrons. The first-order valence-corrected chi connectivity index (χ1v) is 6.12. The van der Waals surface area contributed by atoms with E-state index in [1.54, 1.807) is 0 Å². The fraction of sp³-hybridized carbons (Fsp3) is 0.308. The van der Waals surface area contributed by atoms with Gasteiger partial charge in [0, 0.05) is 17.1 Å². The van der Waals surface area contributed by atoms with Crippen molar-refractivity contribution < 1.29 is 0 Å². The first-order valence-electron chi connectivity index (χ1n) is 5.33. The van der Waals surface area contributed by atoms with Gasteiger partial charge in [0.05, 0.1) is 11.3 Å². The van der Waals surface area contributed by atoms with Crippen LogP contribution in [0.1, 0.15) is 18.4 Å². The van der Waals surface area contributed by atoms with E-state index < -0.39 is 0 Å². The largest absolute Gasteiger partial charge is 0.364 e. The molecule has 2 rings (SSSR count). The lowest BCUT2D eigenvalue weighted by Gasteiger charge is -2.24. The molecule has 3 heteroatoms. The van der Waals surface area contributed by atoms with Crippen LogP contribution in [0.2, 0.25) is 0 Å². The number of benzene rings is 1. The minimum atomic E-state index is 0.589. The molecule has 0 unspecified atom stereocenters. The first kappa shape index (κ1) is 11.2. The predicted octanol–water partition coefficient (Wildman–Crippen LogP) is 3.48. The van der Waals surface area contributed by atoms with Gasteiger partial charge in [0.25, 0.3) is 0 Å². The molecule has 1 fully saturated rings. The second kappa shape index (κ2) is 4.71. The zero-order valence-corrected chi connectivity index (χ0v) is 10.6. The Hall–Kier alpha value is -1.27. The van der Waals surface area contributed by atoms with Crippen molar-refractivity contribution in [3.8, 4) is 6.07 Å². The van der Waals surface area contributed by atoms with Crippen LogP contribution in [0.15, 0.2) is 35.3 Å². The molecule has 0 aliphatic heterocycles. The highest BCUT2D eigenvalue weighted by Crippen LogP contribution is 2.34. The summed E-state index contributed by atoms with van der Waals surface area (Å²) < 4.78 is 0.946. The van der Waals surface area contributed by atoms with Gasteiger partial charge in [-0.1, -0.05) is 22.0 Å². The molecule has 1 saturated carbocycles. The molecule has 16 heavy (non-hydrogen) atoms. The highest BCUT2D eigenvalue weighted by molar-refractivity contribution is 9.10. The van der Waals surface area contributed by atoms with Crippen LogP contribution in [0.4, 0.5) is 5.69 Å². The van der Waals surface area contributed by atoms with Gasteiger partial charge in [-0.15, -0.1) is 6.58 Å². The molecule has 82 valence electrons. The van der Waals surface area contributed by atoms with E-state index in [2.05, 4.69) is 33.5 Å². The maximum absolute atomic E-state index is 9.14. The molecule has 2 nitrogen and oxygen atoms in total. The monoisotopic (exact) mass is 276 g/mol. The summed E-state index contributed by atoms with van der Waals surface area (Å²) in [4.78, 5) is 2.26. The first-order chi connectivity index (χ1) is 7.76. The van der Waals surface area contributed by atoms with Gasteiger partial charge in [-0.05, 0) is 31.0 Å². The maximum atomic E-state index is 9.14. The molecule has 0 N–H and O–H groups in total. The third kappa shape index (κ3) is 2.28. The van der Waals surface area contributed by atoms with Crippen LogP contribution >= 0.6 is 15.9 Å². The zero-order valence-electron chi connectivity index (χ0n) is 8.99. The van der Waals surface area contributed by atoms with Gasteiger partial charge >= 0.3 is 0 Å². The molecule has 0 heterocycles. The Morgan fingerprint density at radius 1 is 1.56 bits per heavy atom. The Kier molecular flexibility index (Phi) is 3.31. The van der Waals surface area contributed by atoms with E-state index in [0.29, 0.717) is 6.04 Å². The van der Waals surface area contributed by atoms with Crippen LogP contribution in [0.25, 0.3) is 0 Å². The third-order valence-electron chi connectivity index (χ3n) is 2.70. The molecular formula is C13H13BrN2. The lowest BCUT2D eigenvalue weighted by atomic mass is 10.1. The fourth-order valence-corrected chi connectivity index (χ4v) is 2.18. The lowest BCUT2D eigenvalue weighted by Crippen LogP contribution is -2.26. The molecule has 1 aromatic rings. The number of hydrogen-bond donors (Lipinski definition) is 0. The van der Waals surface area contributed by atoms with E-state index >= 15 is 0 Å². The number of nitrogens with zero attached hydrogens (tertiary/aromatic N) is 2. The van der Waals surface area contributed by atoms with Crippen LogP contribution < -0.4 is 4.90 Å². The molecule has 0 aromatic heterocycles. The van der Waals surface area contributed by atoms with Crippen molar-refractivity contribution in [1.29, 1.82) is 5.26 Å². The number of halogens is 1. The van der Waals surface area contributed by atoms with Crippen molar-refractivity contribution in [2.24, 2.45) is 0 Å². The maximum Gasteiger partial charge on any atom is 0.101 e. The Bertz CT molecular complexity index is 444. The molecular weight excluding hydrogens is 264 g/mol. The second-order valence-electron chi connectivity index (χ2n) is 3.95. The molecule has 0 amide bonds. The van der Waals surface area contributed by atoms with Crippen LogP contribution in [0.3, 0.4) is 0 Å². The standard InChI is InChI=1S/C13H13BrN2/c1-2-7-16(12-4-5-12)13-6-3-11(14)8-10(13)9-15/h2-3,6,8,12H,1,4-5,7H2. The summed E-state index contributed by atoms with van der Waals surface area (Å²) in [6, 6.07) is 8.70. The number of rotatable bonds is 4. The van der Waals surface area contributed by atoms with Crippen LogP contribution in [-0.2, 0) is 0 Å². The molecule has 0 atom stereocenters. The Labute approximate surface area is 104 Å². The Balaban J connectivity index is 2.36. The molecule has 0 saturated heterocycles. The van der Waals surface area contributed by atoms with Gasteiger partial charge in [-0.25, -0.2) is 0 Å². The average Bonchev–Trinajstić information content (AvgIpc) is 3.10. The smallest absolute Gasteiger partial charge is 0.101 e. The third-order valence-corrected chi connectivity index (χ3v) is 3.20. The normalized spacial score (nSPS) is 14.2. The number of nitriles is 1. The van der Waals surface area contributed by atoms with Crippen molar-refractivity contribution in [3.63, 3.8) is 0 Å². The number of hydrogen-bond acceptors (Lipinski definition) is 2. The lowest BCUT2D eigenvalue weighted by molar-refractivity contribution is 0.860. The van der Waals surface area contributed by atoms with E-state index in [1.807, 2.05) is 24.3 Å². The van der Waals surface area contributed by atoms with E-state index in [0.717, 1.165) is 22.3 Å². The minimum Gasteiger partial charge on any atom is -0.364 e. The Morgan fingerprint density at radius 3 is 2.88 bits per heavy atom. The van der Waals surface area contributed by atoms with Crippen molar-refractivity contribution in [2.75, 3.05) is 11.4 Å². The fourth-order valence-electron chi connectivity index (χ4n) is 1.82. The van der Waals surface area contributed by atoms with Crippen molar-refractivity contribution in [3.05, 3.63) is 40.9 Å². The van der Waals surface area contributed by atoms with E-state index in [-0.39, 0.29) is 0 Å². The second-order valence-corrected chi connectivity index (χ2v) is 4.86. The quantitative estimate of drug-likeness (QED) is 0.788. The van der Waals surface area contributed by atoms with E-state index in [4.69, 9.17) is 5.26 Å². The highest BCUT2D eigenvalue weighted by atomic mass is 79.9. The van der Waals surface area contributed by atoms with Crippen molar-refractivity contribution >= 4 is 21.6 Å². The van der Waals surface area contributed by atoms with Gasteiger partial charge in [0.15, 0.2) is 0 Å². The summed E-state index contributed by atoms with van der Waals surface area (Å²) in [5.41, 5.74) is 1.75. The zero-order chi connectivity index (χ0) is 11.5. The summed E-state index contributed by atoms with van der Waals surface area (Å²) in [5, 5.41) is 9.14. The number of anilines is 1. The predicted molar refractivity (Wildman–Crippen MR) is 69.4 cm³/mol. The Morgan fingerprint density at radius 2 is 2.31 bits per heavy atom. The molecule has 1 aromatic carbocycles. The van der Waals surface area contributed by atoms with Gasteiger partial charge < -0.3 is 4.90 Å². The SMILES string of the molecule is C=CCN(c1ccc(Br)cc1C#N)C1CC1. The topological polar surface area (TPSA) is 27.0 Å². The van der Waals surface area contributed by atoms with Gasteiger partial charge in [0.1, 0.15) is 6.07 Å². The van der Waals surface area contributed by atoms with Crippen LogP contribution in [0.5, 0.6) is 0 Å². The van der Waals surface area contributed by atoms with Gasteiger partial charge in [0.2, 0.25) is 0 Å². The van der Waals surface area contributed by atoms with Gasteiger partial charge in [-0.2, -0.15) is 5.26 Å². The summed E-state index contributed by atoms with van der Waals surface area (Å²) >= 11 is 3.39. The van der Waals surface area contributed by atoms with Crippen molar-refractivity contribution in [2.45, 2.75) is 18.9 Å². The van der Waals surface area contributed by atoms with Crippen LogP contribution in [0, 0.1) is 11.3 Å². The summed E-state index contributed by atoms with van der Waals surface area (Å²) in [6.07, 6.45) is 4.32. The molecule has 0 bridgehead atoms. The minimum absolute atomic E-state index is 0.589. The molecule has 0 spiro atoms. The van der Waals surface area contributed by atoms with Crippen LogP contribution in [-0.4, -0.2) is 12.6 Å². The summed E-state index contributed by atoms with van der Waals surface area (Å²) in [7, 11) is 0. The average molecular weight is 277 g/mol. The van der Waals surface area contributed by atoms with E-state index in [1.165, 1.54) is 12.8 Å². The molecule has 1 aliphatic rings. The highest BCUT2D eigenvalue weighted by Gasteiger charge is 2.29. The van der Waals surface area contributed by atoms with E-state index in [9.17, 15) is 0 Å². The molecule has 1 aliphatic carbocycles. The summed E-state index contributed by atoms with van der Waals surface area (Å²) in [5.74, 6) is 0.